The van der Waals surface area contributed by atoms with Crippen LogP contribution in [0.1, 0.15) is 24.1 Å². The second-order valence-corrected chi connectivity index (χ2v) is 5.70. The summed E-state index contributed by atoms with van der Waals surface area (Å²) >= 11 is 6.06. The number of benzene rings is 2. The molecule has 112 valence electrons. The first-order chi connectivity index (χ1) is 9.99. The maximum Gasteiger partial charge on any atom is 0.121 e. The largest absolute Gasteiger partial charge is 0.497 e. The Bertz CT molecular complexity index is 615. The zero-order chi connectivity index (χ0) is 15.4. The van der Waals surface area contributed by atoms with Crippen LogP contribution in [0.3, 0.4) is 0 Å². The summed E-state index contributed by atoms with van der Waals surface area (Å²) in [6.45, 7) is 2.95. The number of nitrogen functional groups attached to an aromatic ring is 1. The standard InChI is InChI=1S/C17H21ClN2O/c1-12(14-5-4-6-15(18)9-14)20(2)11-13-7-16(19)10-17(8-13)21-3/h4-10,12H,11,19H2,1-3H3. The van der Waals surface area contributed by atoms with Gasteiger partial charge in [-0.05, 0) is 49.4 Å². The lowest BCUT2D eigenvalue weighted by Gasteiger charge is -2.25. The quantitative estimate of drug-likeness (QED) is 0.844. The van der Waals surface area contributed by atoms with Gasteiger partial charge in [-0.1, -0.05) is 23.7 Å². The number of ether oxygens (including phenoxy) is 1. The summed E-state index contributed by atoms with van der Waals surface area (Å²) < 4.78 is 5.26. The van der Waals surface area contributed by atoms with Gasteiger partial charge in [0.25, 0.3) is 0 Å². The van der Waals surface area contributed by atoms with Crippen LogP contribution in [0.15, 0.2) is 42.5 Å². The van der Waals surface area contributed by atoms with E-state index in [9.17, 15) is 0 Å². The van der Waals surface area contributed by atoms with Crippen LogP contribution in [0.5, 0.6) is 5.75 Å². The molecule has 2 aromatic rings. The first-order valence-corrected chi connectivity index (χ1v) is 7.26. The summed E-state index contributed by atoms with van der Waals surface area (Å²) in [5.41, 5.74) is 8.94. The smallest absolute Gasteiger partial charge is 0.121 e. The Hall–Kier alpha value is -1.71. The molecule has 0 saturated heterocycles. The van der Waals surface area contributed by atoms with Crippen LogP contribution in [0.4, 0.5) is 5.69 Å². The molecule has 0 aliphatic carbocycles. The first-order valence-electron chi connectivity index (χ1n) is 6.88. The van der Waals surface area contributed by atoms with Gasteiger partial charge in [0.1, 0.15) is 5.75 Å². The third kappa shape index (κ3) is 4.13. The molecule has 2 rings (SSSR count). The molecule has 4 heteroatoms. The number of methoxy groups -OCH3 is 1. The molecule has 0 bridgehead atoms. The van der Waals surface area contributed by atoms with Crippen LogP contribution in [0, 0.1) is 0 Å². The molecule has 0 aromatic heterocycles. The van der Waals surface area contributed by atoms with Crippen molar-refractivity contribution in [2.45, 2.75) is 19.5 Å². The van der Waals surface area contributed by atoms with E-state index >= 15 is 0 Å². The van der Waals surface area contributed by atoms with Crippen molar-refractivity contribution in [3.8, 4) is 5.75 Å². The van der Waals surface area contributed by atoms with E-state index in [0.717, 1.165) is 22.9 Å². The van der Waals surface area contributed by atoms with Crippen molar-refractivity contribution >= 4 is 17.3 Å². The van der Waals surface area contributed by atoms with E-state index in [4.69, 9.17) is 22.1 Å². The van der Waals surface area contributed by atoms with E-state index in [0.29, 0.717) is 5.69 Å². The van der Waals surface area contributed by atoms with Crippen molar-refractivity contribution in [3.63, 3.8) is 0 Å². The maximum atomic E-state index is 6.06. The Morgan fingerprint density at radius 2 is 2.00 bits per heavy atom. The Morgan fingerprint density at radius 1 is 1.24 bits per heavy atom. The molecule has 0 fully saturated rings. The van der Waals surface area contributed by atoms with Crippen LogP contribution in [0.25, 0.3) is 0 Å². The molecule has 0 spiro atoms. The van der Waals surface area contributed by atoms with Crippen LogP contribution in [-0.4, -0.2) is 19.1 Å². The Morgan fingerprint density at radius 3 is 2.67 bits per heavy atom. The number of anilines is 1. The lowest BCUT2D eigenvalue weighted by atomic mass is 10.1. The number of nitrogens with zero attached hydrogens (tertiary/aromatic N) is 1. The minimum absolute atomic E-state index is 0.260. The van der Waals surface area contributed by atoms with E-state index < -0.39 is 0 Å². The first kappa shape index (κ1) is 15.7. The Labute approximate surface area is 131 Å². The molecule has 2 aromatic carbocycles. The van der Waals surface area contributed by atoms with Crippen LogP contribution >= 0.6 is 11.6 Å². The van der Waals surface area contributed by atoms with Gasteiger partial charge in [-0.25, -0.2) is 0 Å². The summed E-state index contributed by atoms with van der Waals surface area (Å²) in [4.78, 5) is 2.25. The van der Waals surface area contributed by atoms with Crippen molar-refractivity contribution in [1.29, 1.82) is 0 Å². The van der Waals surface area contributed by atoms with Gasteiger partial charge in [0.2, 0.25) is 0 Å². The fraction of sp³-hybridized carbons (Fsp3) is 0.294. The summed E-state index contributed by atoms with van der Waals surface area (Å²) in [6.07, 6.45) is 0. The third-order valence-corrected chi connectivity index (χ3v) is 3.88. The van der Waals surface area contributed by atoms with Gasteiger partial charge >= 0.3 is 0 Å². The molecule has 3 nitrogen and oxygen atoms in total. The molecule has 0 aliphatic heterocycles. The Balaban J connectivity index is 2.13. The summed E-state index contributed by atoms with van der Waals surface area (Å²) in [7, 11) is 3.73. The number of nitrogens with two attached hydrogens (primary N) is 1. The molecule has 0 amide bonds. The van der Waals surface area contributed by atoms with Gasteiger partial charge in [-0.15, -0.1) is 0 Å². The van der Waals surface area contributed by atoms with Gasteiger partial charge in [-0.2, -0.15) is 0 Å². The fourth-order valence-corrected chi connectivity index (χ4v) is 2.54. The van der Waals surface area contributed by atoms with E-state index in [1.807, 2.05) is 36.4 Å². The number of halogens is 1. The zero-order valence-electron chi connectivity index (χ0n) is 12.6. The molecule has 21 heavy (non-hydrogen) atoms. The average Bonchev–Trinajstić information content (AvgIpc) is 2.45. The van der Waals surface area contributed by atoms with Crippen molar-refractivity contribution in [2.75, 3.05) is 19.9 Å². The average molecular weight is 305 g/mol. The molecular formula is C17H21ClN2O. The SMILES string of the molecule is COc1cc(N)cc(CN(C)C(C)c2cccc(Cl)c2)c1. The zero-order valence-corrected chi connectivity index (χ0v) is 13.4. The highest BCUT2D eigenvalue weighted by Gasteiger charge is 2.13. The molecule has 0 aliphatic rings. The number of hydrogen-bond donors (Lipinski definition) is 1. The normalized spacial score (nSPS) is 12.4. The highest BCUT2D eigenvalue weighted by atomic mass is 35.5. The van der Waals surface area contributed by atoms with Crippen LogP contribution in [0.2, 0.25) is 5.02 Å². The third-order valence-electron chi connectivity index (χ3n) is 3.65. The van der Waals surface area contributed by atoms with Gasteiger partial charge in [-0.3, -0.25) is 4.90 Å². The fourth-order valence-electron chi connectivity index (χ4n) is 2.34. The van der Waals surface area contributed by atoms with E-state index in [1.54, 1.807) is 7.11 Å². The summed E-state index contributed by atoms with van der Waals surface area (Å²) in [5, 5.41) is 0.762. The molecule has 1 unspecified atom stereocenters. The number of rotatable bonds is 5. The lowest BCUT2D eigenvalue weighted by molar-refractivity contribution is 0.253. The predicted octanol–water partition coefficient (Wildman–Crippen LogP) is 4.12. The minimum Gasteiger partial charge on any atom is -0.497 e. The van der Waals surface area contributed by atoms with Crippen molar-refractivity contribution in [2.24, 2.45) is 0 Å². The second-order valence-electron chi connectivity index (χ2n) is 5.26. The molecule has 0 radical (unpaired) electrons. The monoisotopic (exact) mass is 304 g/mol. The van der Waals surface area contributed by atoms with Gasteiger partial charge in [0.05, 0.1) is 7.11 Å². The van der Waals surface area contributed by atoms with Crippen LogP contribution < -0.4 is 10.5 Å². The molecular weight excluding hydrogens is 284 g/mol. The predicted molar refractivity (Wildman–Crippen MR) is 88.7 cm³/mol. The van der Waals surface area contributed by atoms with Gasteiger partial charge < -0.3 is 10.5 Å². The van der Waals surface area contributed by atoms with E-state index in [2.05, 4.69) is 24.9 Å². The molecule has 0 heterocycles. The second kappa shape index (κ2) is 6.83. The topological polar surface area (TPSA) is 38.5 Å². The Kier molecular flexibility index (Phi) is 5.10. The maximum absolute atomic E-state index is 6.06. The van der Waals surface area contributed by atoms with Crippen molar-refractivity contribution in [1.82, 2.24) is 4.90 Å². The van der Waals surface area contributed by atoms with Crippen LogP contribution in [-0.2, 0) is 6.54 Å². The van der Waals surface area contributed by atoms with E-state index in [1.165, 1.54) is 5.56 Å². The molecule has 1 atom stereocenters. The summed E-state index contributed by atoms with van der Waals surface area (Å²) in [5.74, 6) is 0.786. The highest BCUT2D eigenvalue weighted by molar-refractivity contribution is 6.30. The van der Waals surface area contributed by atoms with Crippen molar-refractivity contribution in [3.05, 3.63) is 58.6 Å². The molecule has 2 N–H and O–H groups in total. The lowest BCUT2D eigenvalue weighted by Crippen LogP contribution is -2.22. The van der Waals surface area contributed by atoms with Gasteiger partial charge in [0.15, 0.2) is 0 Å². The summed E-state index contributed by atoms with van der Waals surface area (Å²) in [6, 6.07) is 14.0. The minimum atomic E-state index is 0.260. The molecule has 0 saturated carbocycles. The van der Waals surface area contributed by atoms with Crippen molar-refractivity contribution < 1.29 is 4.74 Å². The van der Waals surface area contributed by atoms with E-state index in [-0.39, 0.29) is 6.04 Å². The number of hydrogen-bond acceptors (Lipinski definition) is 3. The highest BCUT2D eigenvalue weighted by Crippen LogP contribution is 2.25. The van der Waals surface area contributed by atoms with Gasteiger partial charge in [0, 0.05) is 29.4 Å².